The molecule has 5 heterocycles. The Morgan fingerprint density at radius 2 is 1.15 bits per heavy atom. The van der Waals surface area contributed by atoms with Crippen LogP contribution in [0.3, 0.4) is 0 Å². The number of amides is 7. The van der Waals surface area contributed by atoms with Gasteiger partial charge < -0.3 is 45.9 Å². The molecule has 3 fully saturated rings. The van der Waals surface area contributed by atoms with Gasteiger partial charge in [0, 0.05) is 69.7 Å². The number of aromatic nitrogens is 4. The third-order valence-electron chi connectivity index (χ3n) is 10.2. The summed E-state index contributed by atoms with van der Waals surface area (Å²) in [6.07, 6.45) is 8.96. The van der Waals surface area contributed by atoms with Crippen LogP contribution in [0.4, 0.5) is 0 Å². The maximum atomic E-state index is 12.2. The molecule has 59 heavy (non-hydrogen) atoms. The number of nitrogens with zero attached hydrogens (tertiary/aromatic N) is 5. The summed E-state index contributed by atoms with van der Waals surface area (Å²) in [6.45, 7) is 20.6. The van der Waals surface area contributed by atoms with E-state index in [-0.39, 0.29) is 84.5 Å². The second kappa shape index (κ2) is 22.2. The summed E-state index contributed by atoms with van der Waals surface area (Å²) in [5.41, 5.74) is 2.07. The van der Waals surface area contributed by atoms with E-state index in [1.54, 1.807) is 9.80 Å². The molecule has 3 aliphatic heterocycles. The molecule has 0 radical (unpaired) electrons. The monoisotopic (exact) mass is 826 g/mol. The van der Waals surface area contributed by atoms with Gasteiger partial charge >= 0.3 is 0 Å². The van der Waals surface area contributed by atoms with E-state index in [1.165, 1.54) is 20.8 Å². The van der Waals surface area contributed by atoms with Crippen LogP contribution in [0.5, 0.6) is 0 Å². The Labute approximate surface area is 348 Å². The minimum atomic E-state index is -0.395. The van der Waals surface area contributed by atoms with Gasteiger partial charge in [-0.1, -0.05) is 34.6 Å². The number of H-pyrrole nitrogens is 2. The molecule has 18 heteroatoms. The molecule has 0 aliphatic carbocycles. The standard InChI is InChI=1S/C15H24N4O2.C14H22N4O2.C12H21N3O3/c1-10(20)16-9-13(21)19-7-5-6-11(19)14-17-8-12(18-14)15(2,3)4;1-9(2)14-16-7-11(17-14)12-5-4-6-18(12)13(20)8-15-10(3)19;1-8(2)14-12(18)10-5-4-6-15(10)11(17)7-13-9(3)16/h8,11H,5-7,9H2,1-4H3,(H,16,20)(H,17,18);7,9,12H,4-6,8H2,1-3H3,(H,15,19)(H,16,17);8,10H,4-7H2,1-3H3,(H,13,16)(H,14,18). The number of rotatable bonds is 11. The topological polar surface area (TPSA) is 235 Å². The summed E-state index contributed by atoms with van der Waals surface area (Å²) in [5.74, 6) is 1.11. The SMILES string of the molecule is CC(=O)NCC(=O)N1CCCC1C(=O)NC(C)C.CC(=O)NCC(=O)N1CCCC1c1cnc(C(C)C)[nH]1.CC(=O)NCC(=O)N1CCCC1c1ncc(C(C)(C)C)[nH]1. The number of carbonyl (C=O) groups is 7. The molecule has 7 amide bonds. The third-order valence-corrected chi connectivity index (χ3v) is 10.2. The minimum absolute atomic E-state index is 0.00881. The van der Waals surface area contributed by atoms with E-state index < -0.39 is 6.04 Å². The van der Waals surface area contributed by atoms with E-state index >= 15 is 0 Å². The molecule has 328 valence electrons. The van der Waals surface area contributed by atoms with Crippen LogP contribution in [0.1, 0.15) is 149 Å². The molecular weight excluding hydrogens is 759 g/mol. The van der Waals surface area contributed by atoms with Crippen molar-refractivity contribution in [3.8, 4) is 0 Å². The smallest absolute Gasteiger partial charge is 0.243 e. The average molecular weight is 826 g/mol. The first-order chi connectivity index (χ1) is 27.7. The van der Waals surface area contributed by atoms with Crippen molar-refractivity contribution in [2.24, 2.45) is 0 Å². The molecule has 2 aromatic rings. The van der Waals surface area contributed by atoms with Crippen molar-refractivity contribution in [2.75, 3.05) is 39.3 Å². The fourth-order valence-corrected chi connectivity index (χ4v) is 7.06. The molecule has 0 saturated carbocycles. The molecule has 3 aliphatic rings. The maximum absolute atomic E-state index is 12.2. The van der Waals surface area contributed by atoms with Gasteiger partial charge in [0.1, 0.15) is 17.7 Å². The Morgan fingerprint density at radius 1 is 0.678 bits per heavy atom. The van der Waals surface area contributed by atoms with Crippen molar-refractivity contribution in [3.05, 3.63) is 35.4 Å². The quantitative estimate of drug-likeness (QED) is 0.195. The van der Waals surface area contributed by atoms with Gasteiger partial charge in [0.2, 0.25) is 41.4 Å². The molecular formula is C41H67N11O7. The molecule has 0 aromatic carbocycles. The molecule has 6 N–H and O–H groups in total. The second-order valence-corrected chi connectivity index (χ2v) is 16.9. The number of hydrogen-bond donors (Lipinski definition) is 6. The zero-order chi connectivity index (χ0) is 44.0. The largest absolute Gasteiger partial charge is 0.352 e. The summed E-state index contributed by atoms with van der Waals surface area (Å²) in [5, 5.41) is 10.4. The third kappa shape index (κ3) is 14.8. The van der Waals surface area contributed by atoms with E-state index in [4.69, 9.17) is 0 Å². The lowest BCUT2D eigenvalue weighted by Gasteiger charge is -2.24. The summed E-state index contributed by atoms with van der Waals surface area (Å²) in [7, 11) is 0. The number of nitrogens with one attached hydrogen (secondary N) is 6. The lowest BCUT2D eigenvalue weighted by Crippen LogP contribution is -2.50. The first kappa shape index (κ1) is 48.1. The van der Waals surface area contributed by atoms with Crippen molar-refractivity contribution >= 4 is 41.4 Å². The Morgan fingerprint density at radius 3 is 1.61 bits per heavy atom. The zero-order valence-electron chi connectivity index (χ0n) is 36.6. The minimum Gasteiger partial charge on any atom is -0.352 e. The summed E-state index contributed by atoms with van der Waals surface area (Å²) in [4.78, 5) is 101. The predicted octanol–water partition coefficient (Wildman–Crippen LogP) is 2.48. The van der Waals surface area contributed by atoms with E-state index in [1.807, 2.05) is 31.1 Å². The highest BCUT2D eigenvalue weighted by atomic mass is 16.2. The first-order valence-electron chi connectivity index (χ1n) is 20.7. The summed E-state index contributed by atoms with van der Waals surface area (Å²) in [6, 6.07) is -0.294. The Kier molecular flexibility index (Phi) is 18.1. The Balaban J connectivity index is 0.000000237. The van der Waals surface area contributed by atoms with Crippen LogP contribution in [0.2, 0.25) is 0 Å². The summed E-state index contributed by atoms with van der Waals surface area (Å²) < 4.78 is 0. The highest BCUT2D eigenvalue weighted by Crippen LogP contribution is 2.33. The van der Waals surface area contributed by atoms with Gasteiger partial charge in [0.15, 0.2) is 0 Å². The number of aromatic amines is 2. The Hall–Kier alpha value is -5.29. The van der Waals surface area contributed by atoms with Crippen LogP contribution in [-0.2, 0) is 39.0 Å². The second-order valence-electron chi connectivity index (χ2n) is 16.9. The molecule has 0 spiro atoms. The average Bonchev–Trinajstić information content (AvgIpc) is 3.99. The highest BCUT2D eigenvalue weighted by Gasteiger charge is 2.35. The lowest BCUT2D eigenvalue weighted by molar-refractivity contribution is -0.138. The molecule has 3 saturated heterocycles. The van der Waals surface area contributed by atoms with Crippen LogP contribution < -0.4 is 21.3 Å². The van der Waals surface area contributed by atoms with Crippen LogP contribution in [-0.4, -0.2) is 127 Å². The van der Waals surface area contributed by atoms with Crippen LogP contribution in [0, 0.1) is 0 Å². The van der Waals surface area contributed by atoms with Crippen LogP contribution in [0.25, 0.3) is 0 Å². The normalized spacial score (nSPS) is 18.8. The molecule has 5 rings (SSSR count). The first-order valence-corrected chi connectivity index (χ1v) is 20.7. The van der Waals surface area contributed by atoms with Crippen molar-refractivity contribution in [3.63, 3.8) is 0 Å². The van der Waals surface area contributed by atoms with E-state index in [0.29, 0.717) is 25.4 Å². The van der Waals surface area contributed by atoms with Crippen molar-refractivity contribution in [1.82, 2.24) is 55.9 Å². The van der Waals surface area contributed by atoms with Crippen molar-refractivity contribution in [2.45, 2.75) is 143 Å². The van der Waals surface area contributed by atoms with Crippen LogP contribution >= 0.6 is 0 Å². The molecule has 2 aromatic heterocycles. The number of carbonyl (C=O) groups excluding carboxylic acids is 7. The van der Waals surface area contributed by atoms with Crippen molar-refractivity contribution in [1.29, 1.82) is 0 Å². The molecule has 3 unspecified atom stereocenters. The number of imidazole rings is 2. The number of hydrogen-bond acceptors (Lipinski definition) is 9. The Bertz CT molecular complexity index is 1760. The van der Waals surface area contributed by atoms with E-state index in [0.717, 1.165) is 61.7 Å². The summed E-state index contributed by atoms with van der Waals surface area (Å²) >= 11 is 0. The maximum Gasteiger partial charge on any atom is 0.243 e. The van der Waals surface area contributed by atoms with Gasteiger partial charge in [-0.3, -0.25) is 33.6 Å². The van der Waals surface area contributed by atoms with Crippen LogP contribution in [0.15, 0.2) is 12.4 Å². The fourth-order valence-electron chi connectivity index (χ4n) is 7.06. The van der Waals surface area contributed by atoms with Gasteiger partial charge in [-0.05, 0) is 52.4 Å². The number of likely N-dealkylation sites (tertiary alicyclic amines) is 3. The molecule has 0 bridgehead atoms. The van der Waals surface area contributed by atoms with Gasteiger partial charge in [-0.2, -0.15) is 0 Å². The fraction of sp³-hybridized carbons (Fsp3) is 0.683. The van der Waals surface area contributed by atoms with Gasteiger partial charge in [0.05, 0.1) is 43.6 Å². The highest BCUT2D eigenvalue weighted by molar-refractivity contribution is 5.90. The van der Waals surface area contributed by atoms with Gasteiger partial charge in [-0.15, -0.1) is 0 Å². The molecule has 18 nitrogen and oxygen atoms in total. The van der Waals surface area contributed by atoms with Crippen molar-refractivity contribution < 1.29 is 33.6 Å². The lowest BCUT2D eigenvalue weighted by atomic mass is 9.93. The zero-order valence-corrected chi connectivity index (χ0v) is 36.6. The van der Waals surface area contributed by atoms with E-state index in [9.17, 15) is 33.6 Å². The predicted molar refractivity (Wildman–Crippen MR) is 221 cm³/mol. The molecule has 3 atom stereocenters. The van der Waals surface area contributed by atoms with E-state index in [2.05, 4.69) is 75.8 Å². The van der Waals surface area contributed by atoms with Gasteiger partial charge in [-0.25, -0.2) is 9.97 Å². The van der Waals surface area contributed by atoms with Gasteiger partial charge in [0.25, 0.3) is 0 Å².